The van der Waals surface area contributed by atoms with Crippen LogP contribution in [0.5, 0.6) is 5.75 Å². The Kier molecular flexibility index (Phi) is 5.87. The standard InChI is InChI=1S/C19H24ClNO/c1-19(2,16-10-12-17(22-3)13-11-16)21-14-6-8-15-7-4-5-9-18(15)20/h4-5,7,9-13,21H,6,8,14H2,1-3H3. The summed E-state index contributed by atoms with van der Waals surface area (Å²) in [6.07, 6.45) is 2.05. The SMILES string of the molecule is COc1ccc(C(C)(C)NCCCc2ccccc2Cl)cc1. The zero-order valence-corrected chi connectivity index (χ0v) is 14.3. The Morgan fingerprint density at radius 2 is 1.73 bits per heavy atom. The minimum Gasteiger partial charge on any atom is -0.497 e. The number of halogens is 1. The second-order valence-corrected chi connectivity index (χ2v) is 6.38. The Bertz CT molecular complexity index is 593. The van der Waals surface area contributed by atoms with Crippen LogP contribution in [0, 0.1) is 0 Å². The predicted octanol–water partition coefficient (Wildman–Crippen LogP) is 4.81. The van der Waals surface area contributed by atoms with Crippen molar-refractivity contribution in [3.05, 3.63) is 64.7 Å². The molecule has 0 saturated carbocycles. The van der Waals surface area contributed by atoms with Crippen molar-refractivity contribution in [2.75, 3.05) is 13.7 Å². The van der Waals surface area contributed by atoms with Gasteiger partial charge in [-0.25, -0.2) is 0 Å². The van der Waals surface area contributed by atoms with E-state index in [1.807, 2.05) is 30.3 Å². The molecule has 3 heteroatoms. The molecule has 0 fully saturated rings. The number of nitrogens with one attached hydrogen (secondary N) is 1. The van der Waals surface area contributed by atoms with Crippen LogP contribution < -0.4 is 10.1 Å². The number of hydrogen-bond donors (Lipinski definition) is 1. The van der Waals surface area contributed by atoms with Crippen molar-refractivity contribution in [2.24, 2.45) is 0 Å². The van der Waals surface area contributed by atoms with E-state index in [1.165, 1.54) is 11.1 Å². The van der Waals surface area contributed by atoms with E-state index in [2.05, 4.69) is 37.4 Å². The third kappa shape index (κ3) is 4.49. The largest absolute Gasteiger partial charge is 0.497 e. The molecular weight excluding hydrogens is 294 g/mol. The summed E-state index contributed by atoms with van der Waals surface area (Å²) in [6.45, 7) is 5.35. The van der Waals surface area contributed by atoms with Crippen LogP contribution >= 0.6 is 11.6 Å². The molecule has 0 amide bonds. The average Bonchev–Trinajstić information content (AvgIpc) is 2.53. The van der Waals surface area contributed by atoms with Gasteiger partial charge in [0, 0.05) is 10.6 Å². The summed E-state index contributed by atoms with van der Waals surface area (Å²) in [7, 11) is 1.69. The molecule has 22 heavy (non-hydrogen) atoms. The number of benzene rings is 2. The van der Waals surface area contributed by atoms with Gasteiger partial charge >= 0.3 is 0 Å². The van der Waals surface area contributed by atoms with Gasteiger partial charge in [0.05, 0.1) is 7.11 Å². The van der Waals surface area contributed by atoms with E-state index in [0.717, 1.165) is 30.2 Å². The average molecular weight is 318 g/mol. The lowest BCUT2D eigenvalue weighted by Gasteiger charge is -2.27. The van der Waals surface area contributed by atoms with E-state index in [1.54, 1.807) is 7.11 Å². The molecule has 2 aromatic carbocycles. The van der Waals surface area contributed by atoms with E-state index in [-0.39, 0.29) is 5.54 Å². The first-order valence-corrected chi connectivity index (χ1v) is 8.04. The van der Waals surface area contributed by atoms with Gasteiger partial charge in [0.2, 0.25) is 0 Å². The lowest BCUT2D eigenvalue weighted by atomic mass is 9.94. The maximum atomic E-state index is 6.19. The fourth-order valence-corrected chi connectivity index (χ4v) is 2.72. The Balaban J connectivity index is 1.85. The zero-order chi connectivity index (χ0) is 16.0. The van der Waals surface area contributed by atoms with Crippen molar-refractivity contribution >= 4 is 11.6 Å². The molecule has 2 aromatic rings. The number of ether oxygens (including phenoxy) is 1. The van der Waals surface area contributed by atoms with E-state index in [9.17, 15) is 0 Å². The maximum absolute atomic E-state index is 6.19. The molecule has 0 atom stereocenters. The smallest absolute Gasteiger partial charge is 0.118 e. The van der Waals surface area contributed by atoms with Gasteiger partial charge in [0.15, 0.2) is 0 Å². The Labute approximate surface area is 138 Å². The van der Waals surface area contributed by atoms with Crippen LogP contribution in [0.3, 0.4) is 0 Å². The molecule has 0 aromatic heterocycles. The third-order valence-corrected chi connectivity index (χ3v) is 4.33. The van der Waals surface area contributed by atoms with Crippen LogP contribution in [0.25, 0.3) is 0 Å². The minimum atomic E-state index is -0.0627. The second kappa shape index (κ2) is 7.66. The van der Waals surface area contributed by atoms with Crippen molar-refractivity contribution in [1.82, 2.24) is 5.32 Å². The van der Waals surface area contributed by atoms with Gasteiger partial charge in [-0.15, -0.1) is 0 Å². The molecule has 1 N–H and O–H groups in total. The highest BCUT2D eigenvalue weighted by Gasteiger charge is 2.19. The lowest BCUT2D eigenvalue weighted by Crippen LogP contribution is -2.37. The molecule has 0 saturated heterocycles. The predicted molar refractivity (Wildman–Crippen MR) is 93.8 cm³/mol. The van der Waals surface area contributed by atoms with Gasteiger partial charge in [-0.05, 0) is 62.6 Å². The number of methoxy groups -OCH3 is 1. The Morgan fingerprint density at radius 3 is 2.36 bits per heavy atom. The summed E-state index contributed by atoms with van der Waals surface area (Å²) < 4.78 is 5.21. The molecule has 0 aliphatic heterocycles. The van der Waals surface area contributed by atoms with E-state index in [0.29, 0.717) is 0 Å². The van der Waals surface area contributed by atoms with Gasteiger partial charge < -0.3 is 10.1 Å². The summed E-state index contributed by atoms with van der Waals surface area (Å²) in [4.78, 5) is 0. The summed E-state index contributed by atoms with van der Waals surface area (Å²) in [5.74, 6) is 0.887. The van der Waals surface area contributed by atoms with E-state index in [4.69, 9.17) is 16.3 Å². The topological polar surface area (TPSA) is 21.3 Å². The van der Waals surface area contributed by atoms with Crippen LogP contribution in [0.15, 0.2) is 48.5 Å². The molecule has 0 aliphatic carbocycles. The maximum Gasteiger partial charge on any atom is 0.118 e. The first-order valence-electron chi connectivity index (χ1n) is 7.66. The fourth-order valence-electron chi connectivity index (χ4n) is 2.49. The monoisotopic (exact) mass is 317 g/mol. The fraction of sp³-hybridized carbons (Fsp3) is 0.368. The van der Waals surface area contributed by atoms with Gasteiger partial charge in [0.25, 0.3) is 0 Å². The van der Waals surface area contributed by atoms with Crippen molar-refractivity contribution < 1.29 is 4.74 Å². The van der Waals surface area contributed by atoms with Crippen LogP contribution in [0.2, 0.25) is 5.02 Å². The molecule has 118 valence electrons. The first-order chi connectivity index (χ1) is 10.5. The molecule has 0 aliphatic rings. The molecule has 0 radical (unpaired) electrons. The quantitative estimate of drug-likeness (QED) is 0.740. The van der Waals surface area contributed by atoms with Crippen molar-refractivity contribution in [1.29, 1.82) is 0 Å². The molecule has 0 spiro atoms. The lowest BCUT2D eigenvalue weighted by molar-refractivity contribution is 0.396. The van der Waals surface area contributed by atoms with Crippen LogP contribution in [-0.4, -0.2) is 13.7 Å². The normalized spacial score (nSPS) is 11.5. The van der Waals surface area contributed by atoms with Gasteiger partial charge in [-0.3, -0.25) is 0 Å². The summed E-state index contributed by atoms with van der Waals surface area (Å²) in [5.41, 5.74) is 2.41. The Hall–Kier alpha value is -1.51. The van der Waals surface area contributed by atoms with Crippen LogP contribution in [0.4, 0.5) is 0 Å². The number of rotatable bonds is 7. The highest BCUT2D eigenvalue weighted by Crippen LogP contribution is 2.23. The summed E-state index contributed by atoms with van der Waals surface area (Å²) in [6, 6.07) is 16.3. The van der Waals surface area contributed by atoms with Crippen molar-refractivity contribution in [3.63, 3.8) is 0 Å². The third-order valence-electron chi connectivity index (χ3n) is 3.96. The Morgan fingerprint density at radius 1 is 1.05 bits per heavy atom. The van der Waals surface area contributed by atoms with E-state index < -0.39 is 0 Å². The van der Waals surface area contributed by atoms with E-state index >= 15 is 0 Å². The zero-order valence-electron chi connectivity index (χ0n) is 13.5. The molecule has 2 nitrogen and oxygen atoms in total. The number of aryl methyl sites for hydroxylation is 1. The van der Waals surface area contributed by atoms with Gasteiger partial charge in [0.1, 0.15) is 5.75 Å². The van der Waals surface area contributed by atoms with Crippen molar-refractivity contribution in [2.45, 2.75) is 32.2 Å². The van der Waals surface area contributed by atoms with Crippen molar-refractivity contribution in [3.8, 4) is 5.75 Å². The summed E-state index contributed by atoms with van der Waals surface area (Å²) in [5, 5.41) is 4.48. The molecule has 0 heterocycles. The highest BCUT2D eigenvalue weighted by atomic mass is 35.5. The molecule has 2 rings (SSSR count). The molecular formula is C19H24ClNO. The minimum absolute atomic E-state index is 0.0627. The number of hydrogen-bond acceptors (Lipinski definition) is 2. The second-order valence-electron chi connectivity index (χ2n) is 5.98. The van der Waals surface area contributed by atoms with Crippen LogP contribution in [-0.2, 0) is 12.0 Å². The molecule has 0 bridgehead atoms. The summed E-state index contributed by atoms with van der Waals surface area (Å²) >= 11 is 6.19. The molecule has 0 unspecified atom stereocenters. The van der Waals surface area contributed by atoms with Crippen LogP contribution in [0.1, 0.15) is 31.4 Å². The highest BCUT2D eigenvalue weighted by molar-refractivity contribution is 6.31. The first kappa shape index (κ1) is 16.9. The van der Waals surface area contributed by atoms with Gasteiger partial charge in [-0.1, -0.05) is 41.9 Å². The van der Waals surface area contributed by atoms with Gasteiger partial charge in [-0.2, -0.15) is 0 Å².